The number of nitrogens with one attached hydrogen (secondary N) is 1. The number of amides is 1. The van der Waals surface area contributed by atoms with Crippen LogP contribution < -0.4 is 14.8 Å². The molecule has 1 aromatic carbocycles. The highest BCUT2D eigenvalue weighted by molar-refractivity contribution is 8.18. The molecule has 1 amide bonds. The van der Waals surface area contributed by atoms with Gasteiger partial charge in [-0.2, -0.15) is 0 Å². The summed E-state index contributed by atoms with van der Waals surface area (Å²) in [5.41, 5.74) is 0.789. The van der Waals surface area contributed by atoms with Gasteiger partial charge in [0.1, 0.15) is 0 Å². The van der Waals surface area contributed by atoms with E-state index in [1.54, 1.807) is 32.1 Å². The minimum Gasteiger partial charge on any atom is -0.480 e. The Morgan fingerprint density at radius 2 is 2.12 bits per heavy atom. The van der Waals surface area contributed by atoms with E-state index in [2.05, 4.69) is 10.3 Å². The topological polar surface area (TPSA) is 97.2 Å². The molecule has 1 saturated heterocycles. The Balaban J connectivity index is 1.81. The number of carboxylic acid groups (broad SMARTS) is 1. The molecule has 0 aromatic heterocycles. The first-order chi connectivity index (χ1) is 11.4. The van der Waals surface area contributed by atoms with Crippen molar-refractivity contribution in [1.82, 2.24) is 5.32 Å². The first kappa shape index (κ1) is 16.4. The molecule has 0 saturated carbocycles. The fourth-order valence-electron chi connectivity index (χ4n) is 2.26. The van der Waals surface area contributed by atoms with Gasteiger partial charge in [-0.25, -0.2) is 9.79 Å². The normalized spacial score (nSPS) is 20.7. The van der Waals surface area contributed by atoms with Crippen LogP contribution in [0.25, 0.3) is 6.08 Å². The quantitative estimate of drug-likeness (QED) is 0.809. The Kier molecular flexibility index (Phi) is 4.48. The highest BCUT2D eigenvalue weighted by atomic mass is 32.2. The fourth-order valence-corrected chi connectivity index (χ4v) is 3.12. The molecule has 0 spiro atoms. The summed E-state index contributed by atoms with van der Waals surface area (Å²) in [5, 5.41) is 12.1. The van der Waals surface area contributed by atoms with Crippen molar-refractivity contribution < 1.29 is 24.2 Å². The second-order valence-corrected chi connectivity index (χ2v) is 6.67. The van der Waals surface area contributed by atoms with Gasteiger partial charge >= 0.3 is 5.97 Å². The lowest BCUT2D eigenvalue weighted by Crippen LogP contribution is -2.28. The standard InChI is InChI=1S/C16H16N2O5S/c1-8(2)13(15(20)21)17-16-18-14(19)12(24-16)6-9-3-4-10-11(5-9)23-7-22-10/h3-6,8,13H,7H2,1-2H3,(H,20,21)(H,17,18,19)/b12-6-. The highest BCUT2D eigenvalue weighted by Gasteiger charge is 2.28. The van der Waals surface area contributed by atoms with Gasteiger partial charge in [0.2, 0.25) is 6.79 Å². The molecule has 126 valence electrons. The number of carbonyl (C=O) groups is 2. The second kappa shape index (κ2) is 6.56. The lowest BCUT2D eigenvalue weighted by Gasteiger charge is -2.11. The molecule has 0 bridgehead atoms. The molecule has 2 N–H and O–H groups in total. The molecule has 1 aromatic rings. The minimum absolute atomic E-state index is 0.172. The van der Waals surface area contributed by atoms with E-state index < -0.39 is 12.0 Å². The van der Waals surface area contributed by atoms with Crippen molar-refractivity contribution in [3.05, 3.63) is 28.7 Å². The van der Waals surface area contributed by atoms with Crippen LogP contribution in [0.3, 0.4) is 0 Å². The predicted molar refractivity (Wildman–Crippen MR) is 90.0 cm³/mol. The van der Waals surface area contributed by atoms with Crippen LogP contribution in [0.2, 0.25) is 0 Å². The van der Waals surface area contributed by atoms with E-state index >= 15 is 0 Å². The van der Waals surface area contributed by atoms with Crippen molar-refractivity contribution in [3.63, 3.8) is 0 Å². The summed E-state index contributed by atoms with van der Waals surface area (Å²) in [6, 6.07) is 4.49. The smallest absolute Gasteiger partial charge is 0.328 e. The van der Waals surface area contributed by atoms with Gasteiger partial charge in [-0.05, 0) is 41.5 Å². The van der Waals surface area contributed by atoms with E-state index in [4.69, 9.17) is 9.47 Å². The van der Waals surface area contributed by atoms with Gasteiger partial charge in [0, 0.05) is 0 Å². The predicted octanol–water partition coefficient (Wildman–Crippen LogP) is 2.08. The maximum atomic E-state index is 12.1. The van der Waals surface area contributed by atoms with Crippen LogP contribution in [-0.2, 0) is 9.59 Å². The number of nitrogens with zero attached hydrogens (tertiary/aromatic N) is 1. The van der Waals surface area contributed by atoms with Crippen LogP contribution >= 0.6 is 11.8 Å². The Hall–Kier alpha value is -2.48. The largest absolute Gasteiger partial charge is 0.480 e. The molecule has 0 radical (unpaired) electrons. The summed E-state index contributed by atoms with van der Waals surface area (Å²) in [7, 11) is 0. The average molecular weight is 348 g/mol. The number of hydrogen-bond donors (Lipinski definition) is 2. The molecule has 0 aliphatic carbocycles. The fraction of sp³-hybridized carbons (Fsp3) is 0.312. The zero-order valence-electron chi connectivity index (χ0n) is 13.1. The van der Waals surface area contributed by atoms with Crippen LogP contribution in [0.5, 0.6) is 11.5 Å². The van der Waals surface area contributed by atoms with Crippen molar-refractivity contribution in [2.75, 3.05) is 6.79 Å². The summed E-state index contributed by atoms with van der Waals surface area (Å²) >= 11 is 1.13. The number of hydrogen-bond acceptors (Lipinski definition) is 6. The summed E-state index contributed by atoms with van der Waals surface area (Å²) in [5.74, 6) is -0.184. The van der Waals surface area contributed by atoms with Gasteiger partial charge in [-0.15, -0.1) is 0 Å². The molecule has 3 rings (SSSR count). The number of amidine groups is 1. The van der Waals surface area contributed by atoms with Crippen molar-refractivity contribution in [3.8, 4) is 11.5 Å². The molecule has 8 heteroatoms. The average Bonchev–Trinajstić information content (AvgIpc) is 3.11. The van der Waals surface area contributed by atoms with E-state index in [-0.39, 0.29) is 18.6 Å². The Bertz CT molecular complexity index is 757. The molecule has 1 fully saturated rings. The lowest BCUT2D eigenvalue weighted by molar-refractivity contribution is -0.139. The molecular formula is C16H16N2O5S. The molecule has 24 heavy (non-hydrogen) atoms. The van der Waals surface area contributed by atoms with Crippen LogP contribution in [0.4, 0.5) is 0 Å². The number of ether oxygens (including phenoxy) is 2. The van der Waals surface area contributed by atoms with Crippen LogP contribution in [-0.4, -0.2) is 35.0 Å². The van der Waals surface area contributed by atoms with Crippen molar-refractivity contribution in [2.24, 2.45) is 10.9 Å². The molecule has 2 aliphatic rings. The number of thioether (sulfide) groups is 1. The van der Waals surface area contributed by atoms with Crippen molar-refractivity contribution in [1.29, 1.82) is 0 Å². The number of fused-ring (bicyclic) bond motifs is 1. The van der Waals surface area contributed by atoms with Crippen LogP contribution in [0.1, 0.15) is 19.4 Å². The SMILES string of the molecule is CC(C)C(N=C1NC(=O)/C(=C/c2ccc3c(c2)OCO3)S1)C(=O)O. The first-order valence-corrected chi connectivity index (χ1v) is 8.17. The van der Waals surface area contributed by atoms with Crippen LogP contribution in [0, 0.1) is 5.92 Å². The van der Waals surface area contributed by atoms with E-state index in [1.165, 1.54) is 0 Å². The highest BCUT2D eigenvalue weighted by Crippen LogP contribution is 2.34. The number of aliphatic imine (C=N–C) groups is 1. The summed E-state index contributed by atoms with van der Waals surface area (Å²) < 4.78 is 10.6. The molecule has 7 nitrogen and oxygen atoms in total. The van der Waals surface area contributed by atoms with Gasteiger partial charge in [-0.1, -0.05) is 19.9 Å². The van der Waals surface area contributed by atoms with Crippen molar-refractivity contribution >= 4 is 34.9 Å². The Morgan fingerprint density at radius 3 is 2.83 bits per heavy atom. The van der Waals surface area contributed by atoms with Gasteiger partial charge in [0.05, 0.1) is 4.91 Å². The third kappa shape index (κ3) is 3.38. The lowest BCUT2D eigenvalue weighted by atomic mass is 10.1. The second-order valence-electron chi connectivity index (χ2n) is 5.64. The zero-order valence-corrected chi connectivity index (χ0v) is 13.9. The number of benzene rings is 1. The maximum absolute atomic E-state index is 12.1. The zero-order chi connectivity index (χ0) is 17.3. The molecular weight excluding hydrogens is 332 g/mol. The molecule has 1 unspecified atom stereocenters. The number of rotatable bonds is 4. The Labute approximate surface area is 142 Å². The number of aliphatic carboxylic acids is 1. The van der Waals surface area contributed by atoms with E-state index in [9.17, 15) is 14.7 Å². The summed E-state index contributed by atoms with van der Waals surface area (Å²) in [6.07, 6.45) is 1.70. The van der Waals surface area contributed by atoms with Crippen molar-refractivity contribution in [2.45, 2.75) is 19.9 Å². The van der Waals surface area contributed by atoms with E-state index in [0.717, 1.165) is 17.3 Å². The maximum Gasteiger partial charge on any atom is 0.328 e. The molecule has 2 aliphatic heterocycles. The minimum atomic E-state index is -1.01. The summed E-state index contributed by atoms with van der Waals surface area (Å²) in [4.78, 5) is 27.9. The van der Waals surface area contributed by atoms with Gasteiger partial charge in [0.25, 0.3) is 5.91 Å². The molecule has 1 atom stereocenters. The van der Waals surface area contributed by atoms with Gasteiger partial charge in [0.15, 0.2) is 22.7 Å². The van der Waals surface area contributed by atoms with E-state index in [0.29, 0.717) is 21.6 Å². The Morgan fingerprint density at radius 1 is 1.38 bits per heavy atom. The van der Waals surface area contributed by atoms with E-state index in [1.807, 2.05) is 6.07 Å². The third-order valence-corrected chi connectivity index (χ3v) is 4.41. The number of carboxylic acids is 1. The first-order valence-electron chi connectivity index (χ1n) is 7.35. The summed E-state index contributed by atoms with van der Waals surface area (Å²) in [6.45, 7) is 3.73. The molecule has 2 heterocycles. The van der Waals surface area contributed by atoms with Crippen LogP contribution in [0.15, 0.2) is 28.1 Å². The monoisotopic (exact) mass is 348 g/mol. The van der Waals surface area contributed by atoms with Gasteiger partial charge < -0.3 is 19.9 Å². The number of carbonyl (C=O) groups excluding carboxylic acids is 1. The third-order valence-electron chi connectivity index (χ3n) is 3.49. The van der Waals surface area contributed by atoms with Gasteiger partial charge in [-0.3, -0.25) is 4.79 Å².